The maximum atomic E-state index is 10.1. The number of ether oxygens (including phenoxy) is 1. The van der Waals surface area contributed by atoms with E-state index in [2.05, 4.69) is 10.3 Å². The highest BCUT2D eigenvalue weighted by Crippen LogP contribution is 2.35. The molecule has 2 fully saturated rings. The van der Waals surface area contributed by atoms with Crippen molar-refractivity contribution in [2.45, 2.75) is 62.1 Å². The molecule has 7 heteroatoms. The third-order valence-corrected chi connectivity index (χ3v) is 4.75. The fourth-order valence-electron chi connectivity index (χ4n) is 2.44. The summed E-state index contributed by atoms with van der Waals surface area (Å²) in [5, 5.41) is 34.0. The van der Waals surface area contributed by atoms with E-state index in [1.807, 2.05) is 6.92 Å². The van der Waals surface area contributed by atoms with Crippen LogP contribution < -0.4 is 5.32 Å². The summed E-state index contributed by atoms with van der Waals surface area (Å²) in [6, 6.07) is -0.381. The Kier molecular flexibility index (Phi) is 5.08. The summed E-state index contributed by atoms with van der Waals surface area (Å²) in [7, 11) is 1.66. The highest BCUT2D eigenvalue weighted by atomic mass is 32.2. The maximum Gasteiger partial charge on any atom is 0.159 e. The van der Waals surface area contributed by atoms with E-state index in [0.29, 0.717) is 11.6 Å². The smallest absolute Gasteiger partial charge is 0.159 e. The molecule has 6 nitrogen and oxygen atoms in total. The average molecular weight is 290 g/mol. The van der Waals surface area contributed by atoms with Crippen molar-refractivity contribution >= 4 is 16.9 Å². The molecule has 0 aliphatic carbocycles. The van der Waals surface area contributed by atoms with E-state index >= 15 is 0 Å². The first-order chi connectivity index (χ1) is 9.08. The first kappa shape index (κ1) is 15.1. The van der Waals surface area contributed by atoms with Crippen LogP contribution in [0.25, 0.3) is 0 Å². The van der Waals surface area contributed by atoms with Gasteiger partial charge in [0.2, 0.25) is 0 Å². The third kappa shape index (κ3) is 3.05. The molecule has 0 amide bonds. The topological polar surface area (TPSA) is 94.3 Å². The number of hydrogen-bond acceptors (Lipinski definition) is 6. The standard InChI is InChI=1S/C12H22N2O4S/c1-3-4-5-6(15)10-9(17)8(16)7-11(18-10)19-12(13-2)14-7/h6-11,15-17H,3-5H2,1-2H3,(H,13,14). The van der Waals surface area contributed by atoms with Gasteiger partial charge in [-0.05, 0) is 6.42 Å². The number of aliphatic imine (C=N–C) groups is 1. The van der Waals surface area contributed by atoms with Crippen molar-refractivity contribution in [1.29, 1.82) is 0 Å². The summed E-state index contributed by atoms with van der Waals surface area (Å²) in [6.07, 6.45) is -1.15. The number of fused-ring (bicyclic) bond motifs is 1. The molecule has 6 unspecified atom stereocenters. The molecule has 4 N–H and O–H groups in total. The number of aliphatic hydroxyl groups is 3. The predicted molar refractivity (Wildman–Crippen MR) is 74.1 cm³/mol. The Hall–Kier alpha value is -0.340. The zero-order valence-corrected chi connectivity index (χ0v) is 12.0. The molecule has 0 saturated carbocycles. The van der Waals surface area contributed by atoms with Crippen LogP contribution in [0.5, 0.6) is 0 Å². The van der Waals surface area contributed by atoms with Crippen molar-refractivity contribution < 1.29 is 20.1 Å². The highest BCUT2D eigenvalue weighted by Gasteiger charge is 2.50. The third-order valence-electron chi connectivity index (χ3n) is 3.59. The van der Waals surface area contributed by atoms with E-state index in [1.165, 1.54) is 11.8 Å². The number of aliphatic hydroxyl groups excluding tert-OH is 3. The minimum atomic E-state index is -1.09. The molecule has 0 aromatic rings. The van der Waals surface area contributed by atoms with E-state index < -0.39 is 24.4 Å². The fourth-order valence-corrected chi connectivity index (χ4v) is 3.53. The molecule has 110 valence electrons. The fraction of sp³-hybridized carbons (Fsp3) is 0.917. The number of unbranched alkanes of at least 4 members (excludes halogenated alkanes) is 1. The molecule has 2 rings (SSSR count). The molecule has 0 aromatic carbocycles. The molecule has 2 aliphatic rings. The lowest BCUT2D eigenvalue weighted by Crippen LogP contribution is -2.61. The van der Waals surface area contributed by atoms with Gasteiger partial charge in [0.15, 0.2) is 5.17 Å². The van der Waals surface area contributed by atoms with Gasteiger partial charge in [-0.2, -0.15) is 0 Å². The quantitative estimate of drug-likeness (QED) is 0.567. The van der Waals surface area contributed by atoms with Crippen molar-refractivity contribution in [1.82, 2.24) is 5.32 Å². The predicted octanol–water partition coefficient (Wildman–Crippen LogP) is -0.325. The lowest BCUT2D eigenvalue weighted by Gasteiger charge is -2.40. The van der Waals surface area contributed by atoms with Gasteiger partial charge in [-0.15, -0.1) is 0 Å². The van der Waals surface area contributed by atoms with Crippen molar-refractivity contribution in [2.24, 2.45) is 4.99 Å². The Labute approximate surface area is 117 Å². The summed E-state index contributed by atoms with van der Waals surface area (Å²) in [4.78, 5) is 4.02. The average Bonchev–Trinajstić information content (AvgIpc) is 2.83. The molecule has 2 saturated heterocycles. The first-order valence-electron chi connectivity index (χ1n) is 6.68. The second-order valence-corrected chi connectivity index (χ2v) is 6.06. The first-order valence-corrected chi connectivity index (χ1v) is 7.56. The van der Waals surface area contributed by atoms with E-state index in [4.69, 9.17) is 4.74 Å². The second kappa shape index (κ2) is 6.41. The lowest BCUT2D eigenvalue weighted by atomic mass is 9.92. The Balaban J connectivity index is 2.04. The molecule has 0 bridgehead atoms. The largest absolute Gasteiger partial charge is 0.390 e. The van der Waals surface area contributed by atoms with Crippen LogP contribution in [0.3, 0.4) is 0 Å². The number of rotatable bonds is 4. The maximum absolute atomic E-state index is 10.1. The molecule has 2 heterocycles. The van der Waals surface area contributed by atoms with Gasteiger partial charge in [0.05, 0.1) is 12.1 Å². The van der Waals surface area contributed by atoms with Crippen molar-refractivity contribution in [3.8, 4) is 0 Å². The number of nitrogens with one attached hydrogen (secondary N) is 1. The number of thioether (sulfide) groups is 1. The van der Waals surface area contributed by atoms with Gasteiger partial charge < -0.3 is 25.4 Å². The summed E-state index contributed by atoms with van der Waals surface area (Å²) >= 11 is 1.38. The minimum absolute atomic E-state index is 0.321. The Morgan fingerprint density at radius 1 is 1.42 bits per heavy atom. The van der Waals surface area contributed by atoms with Crippen LogP contribution in [0.4, 0.5) is 0 Å². The monoisotopic (exact) mass is 290 g/mol. The molecular weight excluding hydrogens is 268 g/mol. The van der Waals surface area contributed by atoms with E-state index in [0.717, 1.165) is 12.8 Å². The molecule has 0 radical (unpaired) electrons. The Morgan fingerprint density at radius 2 is 2.16 bits per heavy atom. The summed E-state index contributed by atoms with van der Waals surface area (Å²) < 4.78 is 5.74. The van der Waals surface area contributed by atoms with Crippen LogP contribution >= 0.6 is 11.8 Å². The minimum Gasteiger partial charge on any atom is -0.390 e. The second-order valence-electron chi connectivity index (χ2n) is 4.98. The van der Waals surface area contributed by atoms with Crippen LogP contribution in [0.1, 0.15) is 26.2 Å². The van der Waals surface area contributed by atoms with Gasteiger partial charge in [0, 0.05) is 7.05 Å². The number of nitrogens with zero attached hydrogens (tertiary/aromatic N) is 1. The molecular formula is C12H22N2O4S. The van der Waals surface area contributed by atoms with Gasteiger partial charge >= 0.3 is 0 Å². The van der Waals surface area contributed by atoms with Gasteiger partial charge in [-0.25, -0.2) is 0 Å². The van der Waals surface area contributed by atoms with E-state index in [1.54, 1.807) is 7.05 Å². The molecule has 19 heavy (non-hydrogen) atoms. The van der Waals surface area contributed by atoms with Crippen LogP contribution in [-0.4, -0.2) is 63.4 Å². The van der Waals surface area contributed by atoms with Gasteiger partial charge in [-0.1, -0.05) is 31.5 Å². The summed E-state index contributed by atoms with van der Waals surface area (Å²) in [6.45, 7) is 2.04. The van der Waals surface area contributed by atoms with Crippen molar-refractivity contribution in [3.63, 3.8) is 0 Å². The SMILES string of the molecule is CCCCC(O)C1OC2SC(=NC)NC2C(O)C1O. The lowest BCUT2D eigenvalue weighted by molar-refractivity contribution is -0.188. The summed E-state index contributed by atoms with van der Waals surface area (Å²) in [5.74, 6) is 0. The molecule has 2 aliphatic heterocycles. The van der Waals surface area contributed by atoms with Crippen LogP contribution in [0, 0.1) is 0 Å². The van der Waals surface area contributed by atoms with Gasteiger partial charge in [0.1, 0.15) is 23.7 Å². The zero-order chi connectivity index (χ0) is 14.0. The summed E-state index contributed by atoms with van der Waals surface area (Å²) in [5.41, 5.74) is -0.321. The van der Waals surface area contributed by atoms with E-state index in [9.17, 15) is 15.3 Å². The van der Waals surface area contributed by atoms with Crippen molar-refractivity contribution in [3.05, 3.63) is 0 Å². The van der Waals surface area contributed by atoms with Gasteiger partial charge in [0.25, 0.3) is 0 Å². The van der Waals surface area contributed by atoms with E-state index in [-0.39, 0.29) is 11.5 Å². The molecule has 0 aromatic heterocycles. The van der Waals surface area contributed by atoms with Crippen LogP contribution in [0.2, 0.25) is 0 Å². The Morgan fingerprint density at radius 3 is 2.79 bits per heavy atom. The highest BCUT2D eigenvalue weighted by molar-refractivity contribution is 8.14. The molecule has 0 spiro atoms. The zero-order valence-electron chi connectivity index (χ0n) is 11.2. The number of hydrogen-bond donors (Lipinski definition) is 4. The van der Waals surface area contributed by atoms with Crippen molar-refractivity contribution in [2.75, 3.05) is 7.05 Å². The van der Waals surface area contributed by atoms with Crippen LogP contribution in [-0.2, 0) is 4.74 Å². The van der Waals surface area contributed by atoms with Crippen LogP contribution in [0.15, 0.2) is 4.99 Å². The number of amidine groups is 1. The Bertz CT molecular complexity index is 342. The van der Waals surface area contributed by atoms with Gasteiger partial charge in [-0.3, -0.25) is 4.99 Å². The molecule has 6 atom stereocenters. The normalized spacial score (nSPS) is 41.9.